The SMILES string of the molecule is C1=C(c2ccc3ccccc3c2)CC(c2ccccc2)c2cc(-c3ccc4c(ccc5cc(-c6ccc7cc(-c8ccccc8)ccc7c6)ccc54)c3)cc(-c3ccccc3)c21. The first-order valence-corrected chi connectivity index (χ1v) is 21.7. The molecular formula is C62H42. The lowest BCUT2D eigenvalue weighted by molar-refractivity contribution is 0.832. The molecule has 0 radical (unpaired) electrons. The summed E-state index contributed by atoms with van der Waals surface area (Å²) in [6.07, 6.45) is 3.42. The number of rotatable bonds is 6. The highest BCUT2D eigenvalue weighted by Gasteiger charge is 2.27. The second kappa shape index (κ2) is 15.0. The van der Waals surface area contributed by atoms with Gasteiger partial charge >= 0.3 is 0 Å². The predicted molar refractivity (Wildman–Crippen MR) is 265 cm³/mol. The molecule has 0 heteroatoms. The van der Waals surface area contributed by atoms with E-state index >= 15 is 0 Å². The van der Waals surface area contributed by atoms with Crippen LogP contribution in [0.15, 0.2) is 231 Å². The fourth-order valence-corrected chi connectivity index (χ4v) is 9.95. The van der Waals surface area contributed by atoms with Gasteiger partial charge in [-0.3, -0.25) is 0 Å². The normalized spacial score (nSPS) is 13.7. The van der Waals surface area contributed by atoms with Gasteiger partial charge in [0.2, 0.25) is 0 Å². The van der Waals surface area contributed by atoms with Crippen molar-refractivity contribution in [2.75, 3.05) is 0 Å². The molecule has 1 aliphatic rings. The molecule has 1 aliphatic carbocycles. The van der Waals surface area contributed by atoms with Crippen LogP contribution in [0.2, 0.25) is 0 Å². The van der Waals surface area contributed by atoms with Gasteiger partial charge in [-0.2, -0.15) is 0 Å². The molecular weight excluding hydrogens is 745 g/mol. The topological polar surface area (TPSA) is 0 Å². The smallest absolute Gasteiger partial charge is 0.0136 e. The average Bonchev–Trinajstić information content (AvgIpc) is 3.35. The molecule has 0 saturated heterocycles. The maximum Gasteiger partial charge on any atom is 0.0136 e. The molecule has 0 amide bonds. The molecule has 1 unspecified atom stereocenters. The summed E-state index contributed by atoms with van der Waals surface area (Å²) in [6.45, 7) is 0. The van der Waals surface area contributed by atoms with E-state index in [1.807, 2.05) is 0 Å². The van der Waals surface area contributed by atoms with Gasteiger partial charge in [0.25, 0.3) is 0 Å². The van der Waals surface area contributed by atoms with Crippen LogP contribution in [-0.4, -0.2) is 0 Å². The quantitative estimate of drug-likeness (QED) is 0.147. The third kappa shape index (κ3) is 6.49. The molecule has 11 aromatic rings. The Kier molecular flexibility index (Phi) is 8.75. The molecule has 290 valence electrons. The van der Waals surface area contributed by atoms with Gasteiger partial charge in [-0.15, -0.1) is 0 Å². The zero-order valence-electron chi connectivity index (χ0n) is 34.3. The van der Waals surface area contributed by atoms with Crippen LogP contribution < -0.4 is 0 Å². The zero-order chi connectivity index (χ0) is 41.0. The van der Waals surface area contributed by atoms with Crippen molar-refractivity contribution in [2.24, 2.45) is 0 Å². The van der Waals surface area contributed by atoms with Gasteiger partial charge in [0.05, 0.1) is 0 Å². The van der Waals surface area contributed by atoms with E-state index in [-0.39, 0.29) is 5.92 Å². The highest BCUT2D eigenvalue weighted by Crippen LogP contribution is 2.47. The largest absolute Gasteiger partial charge is 0.0622 e. The molecule has 12 rings (SSSR count). The van der Waals surface area contributed by atoms with Crippen LogP contribution in [0.25, 0.3) is 99.2 Å². The Morgan fingerprint density at radius 1 is 0.290 bits per heavy atom. The van der Waals surface area contributed by atoms with E-state index in [2.05, 4.69) is 237 Å². The van der Waals surface area contributed by atoms with Crippen molar-refractivity contribution < 1.29 is 0 Å². The Hall–Kier alpha value is -7.80. The molecule has 0 nitrogen and oxygen atoms in total. The van der Waals surface area contributed by atoms with Crippen molar-refractivity contribution in [1.29, 1.82) is 0 Å². The van der Waals surface area contributed by atoms with Gasteiger partial charge in [0, 0.05) is 5.92 Å². The molecule has 0 aliphatic heterocycles. The fourth-order valence-electron chi connectivity index (χ4n) is 9.95. The molecule has 62 heavy (non-hydrogen) atoms. The lowest BCUT2D eigenvalue weighted by Gasteiger charge is -2.29. The summed E-state index contributed by atoms with van der Waals surface area (Å²) in [6, 6.07) is 85.4. The first-order chi connectivity index (χ1) is 30.7. The third-order valence-corrected chi connectivity index (χ3v) is 13.2. The number of hydrogen-bond donors (Lipinski definition) is 0. The van der Waals surface area contributed by atoms with E-state index in [9.17, 15) is 0 Å². The maximum atomic E-state index is 2.48. The van der Waals surface area contributed by atoms with Crippen LogP contribution in [0.3, 0.4) is 0 Å². The van der Waals surface area contributed by atoms with Crippen molar-refractivity contribution in [2.45, 2.75) is 12.3 Å². The van der Waals surface area contributed by atoms with Gasteiger partial charge < -0.3 is 0 Å². The highest BCUT2D eigenvalue weighted by molar-refractivity contribution is 6.10. The molecule has 0 heterocycles. The summed E-state index contributed by atoms with van der Waals surface area (Å²) in [5.41, 5.74) is 16.7. The van der Waals surface area contributed by atoms with Crippen molar-refractivity contribution in [3.8, 4) is 44.5 Å². The standard InChI is InChI=1S/C62H42/c1-4-12-41(13-5-1)46-22-23-48-34-49(25-24-47(48)33-46)50-28-30-57-53(35-50)26-27-54-36-52(29-31-58(54)57)56-38-60(44-17-8-3-9-18-44)61-39-55(51-21-20-42-14-10-11-19-45(42)32-51)37-59(62(61)40-56)43-15-6-2-7-16-43/h1-36,38-40,59H,37H2. The first kappa shape index (κ1) is 36.1. The summed E-state index contributed by atoms with van der Waals surface area (Å²) in [5.74, 6) is 0.216. The van der Waals surface area contributed by atoms with Crippen LogP contribution in [-0.2, 0) is 0 Å². The number of fused-ring (bicyclic) bond motifs is 6. The fraction of sp³-hybridized carbons (Fsp3) is 0.0323. The van der Waals surface area contributed by atoms with Crippen molar-refractivity contribution in [1.82, 2.24) is 0 Å². The van der Waals surface area contributed by atoms with Crippen LogP contribution in [0.1, 0.15) is 34.6 Å². The van der Waals surface area contributed by atoms with E-state index in [0.717, 1.165) is 6.42 Å². The summed E-state index contributed by atoms with van der Waals surface area (Å²) in [5, 5.41) is 10.1. The summed E-state index contributed by atoms with van der Waals surface area (Å²) < 4.78 is 0. The van der Waals surface area contributed by atoms with E-state index in [4.69, 9.17) is 0 Å². The van der Waals surface area contributed by atoms with Crippen LogP contribution in [0, 0.1) is 0 Å². The van der Waals surface area contributed by atoms with Gasteiger partial charge in [-0.1, -0.05) is 194 Å². The minimum absolute atomic E-state index is 0.216. The third-order valence-electron chi connectivity index (χ3n) is 13.2. The molecule has 0 spiro atoms. The lowest BCUT2D eigenvalue weighted by Crippen LogP contribution is -2.10. The second-order valence-corrected chi connectivity index (χ2v) is 16.9. The van der Waals surface area contributed by atoms with E-state index in [1.54, 1.807) is 0 Å². The number of hydrogen-bond acceptors (Lipinski definition) is 0. The molecule has 0 bridgehead atoms. The van der Waals surface area contributed by atoms with Crippen LogP contribution in [0.5, 0.6) is 0 Å². The molecule has 11 aromatic carbocycles. The summed E-state index contributed by atoms with van der Waals surface area (Å²) in [4.78, 5) is 0. The zero-order valence-corrected chi connectivity index (χ0v) is 34.3. The molecule has 1 atom stereocenters. The van der Waals surface area contributed by atoms with E-state index in [0.29, 0.717) is 0 Å². The molecule has 0 saturated carbocycles. The lowest BCUT2D eigenvalue weighted by atomic mass is 9.74. The Morgan fingerprint density at radius 2 is 0.742 bits per heavy atom. The number of allylic oxidation sites excluding steroid dienone is 1. The van der Waals surface area contributed by atoms with Crippen molar-refractivity contribution >= 4 is 54.7 Å². The van der Waals surface area contributed by atoms with Crippen LogP contribution in [0.4, 0.5) is 0 Å². The number of benzene rings is 11. The Balaban J connectivity index is 0.944. The monoisotopic (exact) mass is 786 g/mol. The summed E-state index contributed by atoms with van der Waals surface area (Å²) in [7, 11) is 0. The highest BCUT2D eigenvalue weighted by atomic mass is 14.3. The Morgan fingerprint density at radius 3 is 1.40 bits per heavy atom. The maximum absolute atomic E-state index is 2.48. The first-order valence-electron chi connectivity index (χ1n) is 21.7. The Labute approximate surface area is 362 Å². The molecule has 0 aromatic heterocycles. The van der Waals surface area contributed by atoms with Gasteiger partial charge in [-0.05, 0) is 164 Å². The summed E-state index contributed by atoms with van der Waals surface area (Å²) >= 11 is 0. The Bertz CT molecular complexity index is 3520. The van der Waals surface area contributed by atoms with Crippen molar-refractivity contribution in [3.63, 3.8) is 0 Å². The van der Waals surface area contributed by atoms with Gasteiger partial charge in [0.15, 0.2) is 0 Å². The average molecular weight is 787 g/mol. The van der Waals surface area contributed by atoms with Gasteiger partial charge in [-0.25, -0.2) is 0 Å². The van der Waals surface area contributed by atoms with Crippen LogP contribution >= 0.6 is 0 Å². The minimum Gasteiger partial charge on any atom is -0.0622 e. The predicted octanol–water partition coefficient (Wildman–Crippen LogP) is 17.0. The minimum atomic E-state index is 0.216. The van der Waals surface area contributed by atoms with Gasteiger partial charge in [0.1, 0.15) is 0 Å². The molecule has 0 fully saturated rings. The van der Waals surface area contributed by atoms with Crippen molar-refractivity contribution in [3.05, 3.63) is 253 Å². The molecule has 0 N–H and O–H groups in total. The van der Waals surface area contributed by atoms with E-state index < -0.39 is 0 Å². The van der Waals surface area contributed by atoms with E-state index in [1.165, 1.54) is 115 Å². The second-order valence-electron chi connectivity index (χ2n) is 16.9.